The van der Waals surface area contributed by atoms with Gasteiger partial charge < -0.3 is 19.7 Å². The monoisotopic (exact) mass is 348 g/mol. The van der Waals surface area contributed by atoms with Crippen molar-refractivity contribution in [1.29, 1.82) is 0 Å². The first-order valence-electron chi connectivity index (χ1n) is 6.63. The van der Waals surface area contributed by atoms with Crippen LogP contribution in [0.3, 0.4) is 0 Å². The number of aromatic carboxylic acids is 1. The van der Waals surface area contributed by atoms with Crippen molar-refractivity contribution in [3.63, 3.8) is 0 Å². The number of aliphatic carboxylic acids is 1. The number of carbonyl (C=O) groups is 3. The first kappa shape index (κ1) is 15.8. The van der Waals surface area contributed by atoms with Crippen molar-refractivity contribution in [3.8, 4) is 0 Å². The van der Waals surface area contributed by atoms with Gasteiger partial charge in [0, 0.05) is 27.6 Å². The Bertz CT molecular complexity index is 987. The van der Waals surface area contributed by atoms with Gasteiger partial charge in [0.2, 0.25) is 11.5 Å². The predicted octanol–water partition coefficient (Wildman–Crippen LogP) is 2.37. The number of aromatic amines is 1. The molecule has 0 unspecified atom stereocenters. The number of fused-ring (bicyclic) bond motifs is 1. The molecule has 3 rings (SSSR count). The Morgan fingerprint density at radius 3 is 2.58 bits per heavy atom. The number of halogens is 1. The van der Waals surface area contributed by atoms with Crippen molar-refractivity contribution in [2.24, 2.45) is 0 Å². The van der Waals surface area contributed by atoms with E-state index in [1.54, 1.807) is 18.2 Å². The maximum atomic E-state index is 12.6. The lowest BCUT2D eigenvalue weighted by molar-refractivity contribution is -0.136. The van der Waals surface area contributed by atoms with Crippen LogP contribution in [0.1, 0.15) is 32.3 Å². The molecule has 24 heavy (non-hydrogen) atoms. The van der Waals surface area contributed by atoms with Crippen LogP contribution >= 0.6 is 11.6 Å². The number of rotatable bonds is 5. The number of hydrogen-bond acceptors (Lipinski definition) is 5. The second-order valence-corrected chi connectivity index (χ2v) is 5.39. The van der Waals surface area contributed by atoms with E-state index in [1.807, 2.05) is 0 Å². The van der Waals surface area contributed by atoms with E-state index >= 15 is 0 Å². The quantitative estimate of drug-likeness (QED) is 0.602. The van der Waals surface area contributed by atoms with Crippen molar-refractivity contribution >= 4 is 40.2 Å². The number of carboxylic acid groups (broad SMARTS) is 2. The molecule has 9 heteroatoms. The van der Waals surface area contributed by atoms with Crippen LogP contribution in [0.25, 0.3) is 10.9 Å². The molecule has 2 heterocycles. The standard InChI is InChI=1S/C15H9ClN2O6/c16-6-1-2-9-7(3-6)8(4-12(19)20)13(17-9)14(21)11-5-10(15(22)23)18-24-11/h1-3,5,17H,4H2,(H,19,20)(H,22,23). The van der Waals surface area contributed by atoms with Gasteiger partial charge in [-0.1, -0.05) is 16.8 Å². The van der Waals surface area contributed by atoms with Gasteiger partial charge in [0.1, 0.15) is 0 Å². The van der Waals surface area contributed by atoms with Crippen molar-refractivity contribution in [1.82, 2.24) is 10.1 Å². The number of ketones is 1. The SMILES string of the molecule is O=C(O)Cc1c(C(=O)c2cc(C(=O)O)no2)[nH]c2ccc(Cl)cc12. The van der Waals surface area contributed by atoms with E-state index < -0.39 is 29.8 Å². The largest absolute Gasteiger partial charge is 0.481 e. The summed E-state index contributed by atoms with van der Waals surface area (Å²) in [6.07, 6.45) is -0.415. The molecule has 1 aromatic carbocycles. The van der Waals surface area contributed by atoms with Gasteiger partial charge in [-0.25, -0.2) is 4.79 Å². The molecule has 0 radical (unpaired) electrons. The van der Waals surface area contributed by atoms with Crippen molar-refractivity contribution < 1.29 is 29.1 Å². The molecule has 0 aliphatic rings. The summed E-state index contributed by atoms with van der Waals surface area (Å²) in [5, 5.41) is 22.1. The van der Waals surface area contributed by atoms with Crippen molar-refractivity contribution in [2.45, 2.75) is 6.42 Å². The highest BCUT2D eigenvalue weighted by Crippen LogP contribution is 2.28. The molecule has 0 bridgehead atoms. The molecule has 0 spiro atoms. The Labute approximate surface area is 138 Å². The Balaban J connectivity index is 2.14. The van der Waals surface area contributed by atoms with Gasteiger partial charge in [0.15, 0.2) is 5.69 Å². The summed E-state index contributed by atoms with van der Waals surface area (Å²) in [6.45, 7) is 0. The summed E-state index contributed by atoms with van der Waals surface area (Å²) in [6, 6.07) is 5.73. The zero-order valence-corrected chi connectivity index (χ0v) is 12.6. The molecule has 122 valence electrons. The maximum absolute atomic E-state index is 12.6. The second kappa shape index (κ2) is 5.82. The molecule has 0 amide bonds. The van der Waals surface area contributed by atoms with Gasteiger partial charge in [-0.2, -0.15) is 0 Å². The van der Waals surface area contributed by atoms with Crippen LogP contribution in [0.2, 0.25) is 5.02 Å². The lowest BCUT2D eigenvalue weighted by Gasteiger charge is -1.99. The van der Waals surface area contributed by atoms with Gasteiger partial charge in [-0.15, -0.1) is 0 Å². The van der Waals surface area contributed by atoms with E-state index in [0.29, 0.717) is 15.9 Å². The molecule has 0 saturated heterocycles. The summed E-state index contributed by atoms with van der Waals surface area (Å²) in [7, 11) is 0. The average Bonchev–Trinajstić information content (AvgIpc) is 3.12. The highest BCUT2D eigenvalue weighted by atomic mass is 35.5. The van der Waals surface area contributed by atoms with Gasteiger partial charge in [0.25, 0.3) is 0 Å². The third kappa shape index (κ3) is 2.74. The third-order valence-electron chi connectivity index (χ3n) is 3.38. The molecule has 0 atom stereocenters. The first-order chi connectivity index (χ1) is 11.4. The number of aromatic nitrogens is 2. The van der Waals surface area contributed by atoms with Gasteiger partial charge in [0.05, 0.1) is 12.1 Å². The number of nitrogens with one attached hydrogen (secondary N) is 1. The minimum absolute atomic E-state index is 0.0113. The molecule has 0 fully saturated rings. The fourth-order valence-electron chi connectivity index (χ4n) is 2.35. The van der Waals surface area contributed by atoms with Crippen LogP contribution < -0.4 is 0 Å². The zero-order valence-electron chi connectivity index (χ0n) is 11.9. The number of benzene rings is 1. The van der Waals surface area contributed by atoms with Crippen LogP contribution in [-0.4, -0.2) is 38.1 Å². The molecule has 3 aromatic rings. The van der Waals surface area contributed by atoms with Crippen molar-refractivity contribution in [3.05, 3.63) is 52.0 Å². The Morgan fingerprint density at radius 1 is 1.21 bits per heavy atom. The van der Waals surface area contributed by atoms with E-state index in [1.165, 1.54) is 0 Å². The molecule has 0 saturated carbocycles. The number of H-pyrrole nitrogens is 1. The molecule has 0 aliphatic carbocycles. The highest BCUT2D eigenvalue weighted by molar-refractivity contribution is 6.31. The zero-order chi connectivity index (χ0) is 17.4. The molecule has 8 nitrogen and oxygen atoms in total. The summed E-state index contributed by atoms with van der Waals surface area (Å²) < 4.78 is 4.75. The van der Waals surface area contributed by atoms with Gasteiger partial charge >= 0.3 is 11.9 Å². The molecular weight excluding hydrogens is 340 g/mol. The first-order valence-corrected chi connectivity index (χ1v) is 7.01. The lowest BCUT2D eigenvalue weighted by atomic mass is 10.0. The molecule has 0 aliphatic heterocycles. The lowest BCUT2D eigenvalue weighted by Crippen LogP contribution is -2.08. The minimum Gasteiger partial charge on any atom is -0.481 e. The van der Waals surface area contributed by atoms with E-state index in [-0.39, 0.29) is 17.0 Å². The van der Waals surface area contributed by atoms with Crippen LogP contribution in [0, 0.1) is 0 Å². The molecule has 2 aromatic heterocycles. The Hall–Kier alpha value is -3.13. The summed E-state index contributed by atoms with van der Waals surface area (Å²) >= 11 is 5.93. The summed E-state index contributed by atoms with van der Waals surface area (Å²) in [5.74, 6) is -3.48. The number of hydrogen-bond donors (Lipinski definition) is 3. The van der Waals surface area contributed by atoms with Gasteiger partial charge in [-0.3, -0.25) is 9.59 Å². The van der Waals surface area contributed by atoms with Crippen LogP contribution in [-0.2, 0) is 11.2 Å². The fraction of sp³-hybridized carbons (Fsp3) is 0.0667. The van der Waals surface area contributed by atoms with E-state index in [0.717, 1.165) is 6.07 Å². The summed E-state index contributed by atoms with van der Waals surface area (Å²) in [4.78, 5) is 37.3. The number of carbonyl (C=O) groups excluding carboxylic acids is 1. The van der Waals surface area contributed by atoms with Gasteiger partial charge in [-0.05, 0) is 18.2 Å². The number of carboxylic acids is 2. The number of nitrogens with zero attached hydrogens (tertiary/aromatic N) is 1. The van der Waals surface area contributed by atoms with Crippen LogP contribution in [0.15, 0.2) is 28.8 Å². The predicted molar refractivity (Wildman–Crippen MR) is 81.5 cm³/mol. The van der Waals surface area contributed by atoms with Crippen LogP contribution in [0.4, 0.5) is 0 Å². The Morgan fingerprint density at radius 2 is 1.96 bits per heavy atom. The average molecular weight is 349 g/mol. The fourth-order valence-corrected chi connectivity index (χ4v) is 2.53. The smallest absolute Gasteiger partial charge is 0.358 e. The van der Waals surface area contributed by atoms with E-state index in [9.17, 15) is 14.4 Å². The highest BCUT2D eigenvalue weighted by Gasteiger charge is 2.25. The van der Waals surface area contributed by atoms with E-state index in [2.05, 4.69) is 10.1 Å². The second-order valence-electron chi connectivity index (χ2n) is 4.95. The Kier molecular flexibility index (Phi) is 3.82. The molecular formula is C15H9ClN2O6. The summed E-state index contributed by atoms with van der Waals surface area (Å²) in [5.41, 5.74) is 0.329. The maximum Gasteiger partial charge on any atom is 0.358 e. The van der Waals surface area contributed by atoms with Crippen LogP contribution in [0.5, 0.6) is 0 Å². The third-order valence-corrected chi connectivity index (χ3v) is 3.61. The van der Waals surface area contributed by atoms with Crippen molar-refractivity contribution in [2.75, 3.05) is 0 Å². The minimum atomic E-state index is -1.34. The van der Waals surface area contributed by atoms with E-state index in [4.69, 9.17) is 26.3 Å². The molecule has 3 N–H and O–H groups in total. The normalized spacial score (nSPS) is 10.9. The topological polar surface area (TPSA) is 133 Å².